The van der Waals surface area contributed by atoms with E-state index < -0.39 is 0 Å². The third-order valence-corrected chi connectivity index (χ3v) is 2.19. The fourth-order valence-corrected chi connectivity index (χ4v) is 1.52. The fourth-order valence-electron chi connectivity index (χ4n) is 1.23. The molecule has 0 spiro atoms. The van der Waals surface area contributed by atoms with Crippen LogP contribution < -0.4 is 0 Å². The average Bonchev–Trinajstić information content (AvgIpc) is 1.88. The summed E-state index contributed by atoms with van der Waals surface area (Å²) in [5.74, 6) is 0. The molecule has 1 rings (SSSR count). The summed E-state index contributed by atoms with van der Waals surface area (Å²) in [4.78, 5) is 0. The number of alkyl halides is 1. The lowest BCUT2D eigenvalue weighted by atomic mass is 10.1. The molecular weight excluding hydrogens is 152 g/mol. The second-order valence-electron chi connectivity index (χ2n) is 2.60. The van der Waals surface area contributed by atoms with Crippen LogP contribution in [0.15, 0.2) is 0 Å². The summed E-state index contributed by atoms with van der Waals surface area (Å²) in [6, 6.07) is 0. The van der Waals surface area contributed by atoms with E-state index in [0.29, 0.717) is 0 Å². The summed E-state index contributed by atoms with van der Waals surface area (Å²) in [5, 5.41) is 0. The van der Waals surface area contributed by atoms with Gasteiger partial charge in [-0.1, -0.05) is 11.6 Å². The molecule has 2 nitrogen and oxygen atoms in total. The highest BCUT2D eigenvalue weighted by atomic mass is 35.5. The Morgan fingerprint density at radius 1 is 1.50 bits per heavy atom. The van der Waals surface area contributed by atoms with E-state index >= 15 is 0 Å². The minimum Gasteiger partial charge on any atom is -0.379 e. The van der Waals surface area contributed by atoms with Gasteiger partial charge < -0.3 is 9.47 Å². The lowest BCUT2D eigenvalue weighted by molar-refractivity contribution is -0.0951. The van der Waals surface area contributed by atoms with Crippen LogP contribution in [0.2, 0.25) is 0 Å². The van der Waals surface area contributed by atoms with E-state index in [1.54, 1.807) is 7.11 Å². The predicted octanol–water partition coefficient (Wildman–Crippen LogP) is 1.77. The Bertz CT molecular complexity index is 108. The molecule has 0 amide bonds. The first kappa shape index (κ1) is 8.31. The Kier molecular flexibility index (Phi) is 2.96. The van der Waals surface area contributed by atoms with E-state index in [2.05, 4.69) is 0 Å². The van der Waals surface area contributed by atoms with Gasteiger partial charge in [0, 0.05) is 7.11 Å². The normalized spacial score (nSPS) is 41.7. The molecule has 3 heteroatoms. The number of hydrogen-bond donors (Lipinski definition) is 0. The highest BCUT2D eigenvalue weighted by Crippen LogP contribution is 2.23. The molecule has 0 aromatic rings. The molecule has 0 aromatic carbocycles. The van der Waals surface area contributed by atoms with Gasteiger partial charge in [-0.2, -0.15) is 0 Å². The summed E-state index contributed by atoms with van der Waals surface area (Å²) in [6.07, 6.45) is 2.27. The van der Waals surface area contributed by atoms with Gasteiger partial charge in [0.1, 0.15) is 5.56 Å². The van der Waals surface area contributed by atoms with Gasteiger partial charge in [-0.25, -0.2) is 0 Å². The SMILES string of the molecule is CO[C@H]1CC[C@H](Cl)O[C@H]1C. The molecule has 0 N–H and O–H groups in total. The molecule has 0 aromatic heterocycles. The molecule has 1 aliphatic rings. The maximum absolute atomic E-state index is 5.76. The molecular formula is C7H13ClO2. The zero-order chi connectivity index (χ0) is 7.56. The van der Waals surface area contributed by atoms with Crippen molar-refractivity contribution in [3.8, 4) is 0 Å². The van der Waals surface area contributed by atoms with E-state index in [0.717, 1.165) is 12.8 Å². The van der Waals surface area contributed by atoms with Gasteiger partial charge in [0.2, 0.25) is 0 Å². The number of hydrogen-bond acceptors (Lipinski definition) is 2. The summed E-state index contributed by atoms with van der Waals surface area (Å²) in [6.45, 7) is 1.99. The second kappa shape index (κ2) is 3.56. The molecule has 1 aliphatic heterocycles. The van der Waals surface area contributed by atoms with Crippen LogP contribution in [0.5, 0.6) is 0 Å². The van der Waals surface area contributed by atoms with Crippen LogP contribution in [0.25, 0.3) is 0 Å². The summed E-state index contributed by atoms with van der Waals surface area (Å²) >= 11 is 5.76. The molecule has 0 saturated carbocycles. The van der Waals surface area contributed by atoms with Crippen LogP contribution in [-0.2, 0) is 9.47 Å². The van der Waals surface area contributed by atoms with Gasteiger partial charge in [0.25, 0.3) is 0 Å². The van der Waals surface area contributed by atoms with Gasteiger partial charge >= 0.3 is 0 Å². The maximum Gasteiger partial charge on any atom is 0.131 e. The quantitative estimate of drug-likeness (QED) is 0.550. The van der Waals surface area contributed by atoms with Crippen LogP contribution >= 0.6 is 11.6 Å². The highest BCUT2D eigenvalue weighted by molar-refractivity contribution is 6.19. The monoisotopic (exact) mass is 164 g/mol. The van der Waals surface area contributed by atoms with Crippen molar-refractivity contribution in [3.05, 3.63) is 0 Å². The molecule has 10 heavy (non-hydrogen) atoms. The van der Waals surface area contributed by atoms with Crippen LogP contribution in [-0.4, -0.2) is 24.9 Å². The number of methoxy groups -OCH3 is 1. The number of halogens is 1. The van der Waals surface area contributed by atoms with Crippen molar-refractivity contribution < 1.29 is 9.47 Å². The van der Waals surface area contributed by atoms with Gasteiger partial charge in [0.15, 0.2) is 0 Å². The van der Waals surface area contributed by atoms with E-state index in [1.165, 1.54) is 0 Å². The Labute approximate surface area is 66.5 Å². The molecule has 3 atom stereocenters. The summed E-state index contributed by atoms with van der Waals surface area (Å²) in [5.41, 5.74) is -0.110. The molecule has 0 bridgehead atoms. The topological polar surface area (TPSA) is 18.5 Å². The molecule has 1 saturated heterocycles. The van der Waals surface area contributed by atoms with E-state index in [9.17, 15) is 0 Å². The summed E-state index contributed by atoms with van der Waals surface area (Å²) < 4.78 is 10.5. The van der Waals surface area contributed by atoms with Crippen molar-refractivity contribution in [2.75, 3.05) is 7.11 Å². The van der Waals surface area contributed by atoms with E-state index in [1.807, 2.05) is 6.92 Å². The van der Waals surface area contributed by atoms with E-state index in [4.69, 9.17) is 21.1 Å². The average molecular weight is 165 g/mol. The van der Waals surface area contributed by atoms with E-state index in [-0.39, 0.29) is 17.8 Å². The molecule has 0 unspecified atom stereocenters. The first-order valence-electron chi connectivity index (χ1n) is 3.56. The van der Waals surface area contributed by atoms with Gasteiger partial charge in [-0.3, -0.25) is 0 Å². The Balaban J connectivity index is 2.36. The first-order valence-corrected chi connectivity index (χ1v) is 4.00. The number of rotatable bonds is 1. The van der Waals surface area contributed by atoms with Crippen molar-refractivity contribution in [2.24, 2.45) is 0 Å². The second-order valence-corrected chi connectivity index (χ2v) is 3.09. The van der Waals surface area contributed by atoms with Crippen molar-refractivity contribution in [3.63, 3.8) is 0 Å². The first-order chi connectivity index (χ1) is 4.74. The van der Waals surface area contributed by atoms with Crippen molar-refractivity contribution >= 4 is 11.6 Å². The van der Waals surface area contributed by atoms with Gasteiger partial charge in [0.05, 0.1) is 12.2 Å². The zero-order valence-electron chi connectivity index (χ0n) is 6.34. The number of ether oxygens (including phenoxy) is 2. The maximum atomic E-state index is 5.76. The summed E-state index contributed by atoms with van der Waals surface area (Å²) in [7, 11) is 1.71. The van der Waals surface area contributed by atoms with Crippen molar-refractivity contribution in [2.45, 2.75) is 37.5 Å². The fraction of sp³-hybridized carbons (Fsp3) is 1.00. The Hall–Kier alpha value is 0.210. The zero-order valence-corrected chi connectivity index (χ0v) is 7.10. The lowest BCUT2D eigenvalue weighted by Crippen LogP contribution is -2.35. The molecule has 0 aliphatic carbocycles. The van der Waals surface area contributed by atoms with Crippen LogP contribution in [0.3, 0.4) is 0 Å². The third-order valence-electron chi connectivity index (χ3n) is 1.87. The van der Waals surface area contributed by atoms with Gasteiger partial charge in [-0.05, 0) is 19.8 Å². The molecule has 60 valence electrons. The molecule has 0 radical (unpaired) electrons. The molecule has 1 fully saturated rings. The molecule has 1 heterocycles. The standard InChI is InChI=1S/C7H13ClO2/c1-5-6(9-2)3-4-7(8)10-5/h5-7H,3-4H2,1-2H3/t5-,6-,7+/m0/s1. The minimum atomic E-state index is -0.110. The van der Waals surface area contributed by atoms with Crippen molar-refractivity contribution in [1.29, 1.82) is 0 Å². The smallest absolute Gasteiger partial charge is 0.131 e. The largest absolute Gasteiger partial charge is 0.379 e. The van der Waals surface area contributed by atoms with Crippen LogP contribution in [0.4, 0.5) is 0 Å². The third kappa shape index (κ3) is 1.84. The lowest BCUT2D eigenvalue weighted by Gasteiger charge is -2.30. The minimum absolute atomic E-state index is 0.110. The Morgan fingerprint density at radius 2 is 2.20 bits per heavy atom. The van der Waals surface area contributed by atoms with Crippen LogP contribution in [0, 0.1) is 0 Å². The van der Waals surface area contributed by atoms with Crippen LogP contribution in [0.1, 0.15) is 19.8 Å². The van der Waals surface area contributed by atoms with Gasteiger partial charge in [-0.15, -0.1) is 0 Å². The highest BCUT2D eigenvalue weighted by Gasteiger charge is 2.26. The Morgan fingerprint density at radius 3 is 2.70 bits per heavy atom. The predicted molar refractivity (Wildman–Crippen MR) is 40.2 cm³/mol. The van der Waals surface area contributed by atoms with Crippen molar-refractivity contribution in [1.82, 2.24) is 0 Å².